The van der Waals surface area contributed by atoms with Crippen LogP contribution in [-0.2, 0) is 6.54 Å². The summed E-state index contributed by atoms with van der Waals surface area (Å²) in [6, 6.07) is 18.2. The number of aromatic nitrogens is 1. The first kappa shape index (κ1) is 14.0. The topological polar surface area (TPSA) is 39.1 Å². The van der Waals surface area contributed by atoms with E-state index in [4.69, 9.17) is 0 Å². The Kier molecular flexibility index (Phi) is 3.88. The summed E-state index contributed by atoms with van der Waals surface area (Å²) in [4.78, 5) is 24.4. The van der Waals surface area contributed by atoms with Crippen molar-refractivity contribution in [2.75, 3.05) is 0 Å². The fourth-order valence-corrected chi connectivity index (χ4v) is 2.64. The Balaban J connectivity index is 2.01. The van der Waals surface area contributed by atoms with Crippen molar-refractivity contribution in [3.63, 3.8) is 0 Å². The number of pyridine rings is 1. The molecule has 0 radical (unpaired) electrons. The van der Waals surface area contributed by atoms with E-state index in [1.807, 2.05) is 36.4 Å². The van der Waals surface area contributed by atoms with Crippen molar-refractivity contribution in [2.24, 2.45) is 0 Å². The van der Waals surface area contributed by atoms with Crippen molar-refractivity contribution < 1.29 is 4.79 Å². The van der Waals surface area contributed by atoms with Crippen molar-refractivity contribution in [3.8, 4) is 0 Å². The number of nitrogens with zero attached hydrogens (tertiary/aromatic N) is 1. The van der Waals surface area contributed by atoms with Crippen LogP contribution in [-0.4, -0.2) is 10.4 Å². The zero-order chi connectivity index (χ0) is 14.8. The van der Waals surface area contributed by atoms with Gasteiger partial charge in [0.25, 0.3) is 5.56 Å². The fourth-order valence-electron chi connectivity index (χ4n) is 2.28. The van der Waals surface area contributed by atoms with Crippen LogP contribution in [0.3, 0.4) is 0 Å². The van der Waals surface area contributed by atoms with Crippen LogP contribution in [0, 0.1) is 3.57 Å². The van der Waals surface area contributed by atoms with Gasteiger partial charge in [-0.05, 0) is 52.2 Å². The summed E-state index contributed by atoms with van der Waals surface area (Å²) in [7, 11) is 0. The molecule has 1 aromatic heterocycles. The molecule has 0 aliphatic heterocycles. The summed E-state index contributed by atoms with van der Waals surface area (Å²) in [5.74, 6) is -0.0650. The van der Waals surface area contributed by atoms with Crippen LogP contribution in [0.4, 0.5) is 0 Å². The van der Waals surface area contributed by atoms with Crippen LogP contribution >= 0.6 is 22.6 Å². The molecule has 2 aromatic carbocycles. The summed E-state index contributed by atoms with van der Waals surface area (Å²) in [5, 5.41) is 0.951. The summed E-state index contributed by atoms with van der Waals surface area (Å²) >= 11 is 2.19. The number of ketones is 1. The Morgan fingerprint density at radius 3 is 2.43 bits per heavy atom. The SMILES string of the molecule is O=C(Cn1c(=O)ccc2ccccc21)c1ccc(I)cc1. The molecule has 3 nitrogen and oxygen atoms in total. The summed E-state index contributed by atoms with van der Waals surface area (Å²) < 4.78 is 2.60. The summed E-state index contributed by atoms with van der Waals surface area (Å²) in [5.41, 5.74) is 1.24. The second kappa shape index (κ2) is 5.81. The lowest BCUT2D eigenvalue weighted by Gasteiger charge is -2.09. The van der Waals surface area contributed by atoms with Crippen molar-refractivity contribution in [1.29, 1.82) is 0 Å². The van der Waals surface area contributed by atoms with Crippen LogP contribution < -0.4 is 5.56 Å². The third-order valence-electron chi connectivity index (χ3n) is 3.37. The normalized spacial score (nSPS) is 10.7. The molecule has 21 heavy (non-hydrogen) atoms. The number of halogens is 1. The number of rotatable bonds is 3. The number of benzene rings is 2. The van der Waals surface area contributed by atoms with Crippen LogP contribution in [0.1, 0.15) is 10.4 Å². The lowest BCUT2D eigenvalue weighted by atomic mass is 10.1. The van der Waals surface area contributed by atoms with E-state index in [1.54, 1.807) is 18.2 Å². The number of Topliss-reactive ketones (excluding diaryl/α,β-unsaturated/α-hetero) is 1. The van der Waals surface area contributed by atoms with Crippen molar-refractivity contribution in [2.45, 2.75) is 6.54 Å². The average molecular weight is 389 g/mol. The molecule has 0 N–H and O–H groups in total. The molecular formula is C17H12INO2. The highest BCUT2D eigenvalue weighted by Crippen LogP contribution is 2.13. The third kappa shape index (κ3) is 2.90. The third-order valence-corrected chi connectivity index (χ3v) is 4.09. The minimum Gasteiger partial charge on any atom is -0.300 e. The van der Waals surface area contributed by atoms with E-state index in [-0.39, 0.29) is 17.9 Å². The first-order chi connectivity index (χ1) is 10.1. The van der Waals surface area contributed by atoms with Crippen LogP contribution in [0.2, 0.25) is 0 Å². The van der Waals surface area contributed by atoms with E-state index in [0.717, 1.165) is 14.5 Å². The molecular weight excluding hydrogens is 377 g/mol. The predicted molar refractivity (Wildman–Crippen MR) is 91.7 cm³/mol. The highest BCUT2D eigenvalue weighted by molar-refractivity contribution is 14.1. The Bertz CT molecular complexity index is 866. The molecule has 0 saturated carbocycles. The van der Waals surface area contributed by atoms with Gasteiger partial charge in [0.15, 0.2) is 5.78 Å². The molecule has 3 rings (SSSR count). The molecule has 0 amide bonds. The monoisotopic (exact) mass is 389 g/mol. The standard InChI is InChI=1S/C17H12INO2/c18-14-8-5-13(6-9-14)16(20)11-19-15-4-2-1-3-12(15)7-10-17(19)21/h1-10H,11H2. The van der Waals surface area contributed by atoms with Gasteiger partial charge in [0.1, 0.15) is 0 Å². The molecule has 3 aromatic rings. The van der Waals surface area contributed by atoms with Gasteiger partial charge in [-0.25, -0.2) is 0 Å². The first-order valence-corrected chi connectivity index (χ1v) is 7.60. The molecule has 0 spiro atoms. The van der Waals surface area contributed by atoms with Crippen LogP contribution in [0.15, 0.2) is 65.5 Å². The minimum atomic E-state index is -0.160. The van der Waals surface area contributed by atoms with E-state index in [9.17, 15) is 9.59 Å². The first-order valence-electron chi connectivity index (χ1n) is 6.52. The highest BCUT2D eigenvalue weighted by atomic mass is 127. The van der Waals surface area contributed by atoms with Crippen molar-refractivity contribution in [1.82, 2.24) is 4.57 Å². The average Bonchev–Trinajstić information content (AvgIpc) is 2.51. The Morgan fingerprint density at radius 1 is 0.952 bits per heavy atom. The molecule has 0 atom stereocenters. The number of hydrogen-bond acceptors (Lipinski definition) is 2. The van der Waals surface area contributed by atoms with Crippen molar-refractivity contribution >= 4 is 39.3 Å². The molecule has 0 saturated heterocycles. The summed E-state index contributed by atoms with van der Waals surface area (Å²) in [6.45, 7) is 0.0563. The highest BCUT2D eigenvalue weighted by Gasteiger charge is 2.10. The summed E-state index contributed by atoms with van der Waals surface area (Å²) in [6.07, 6.45) is 0. The maximum absolute atomic E-state index is 12.4. The number of fused-ring (bicyclic) bond motifs is 1. The largest absolute Gasteiger partial charge is 0.300 e. The lowest BCUT2D eigenvalue weighted by molar-refractivity contribution is 0.0972. The van der Waals surface area contributed by atoms with Crippen LogP contribution in [0.25, 0.3) is 10.9 Å². The molecule has 4 heteroatoms. The Labute approximate surface area is 135 Å². The predicted octanol–water partition coefficient (Wildman–Crippen LogP) is 3.49. The number of para-hydroxylation sites is 1. The van der Waals surface area contributed by atoms with Gasteiger partial charge in [0.05, 0.1) is 12.1 Å². The van der Waals surface area contributed by atoms with E-state index in [1.165, 1.54) is 10.6 Å². The van der Waals surface area contributed by atoms with Gasteiger partial charge in [-0.2, -0.15) is 0 Å². The molecule has 0 fully saturated rings. The van der Waals surface area contributed by atoms with E-state index in [2.05, 4.69) is 22.6 Å². The zero-order valence-electron chi connectivity index (χ0n) is 11.1. The zero-order valence-corrected chi connectivity index (χ0v) is 13.3. The number of hydrogen-bond donors (Lipinski definition) is 0. The minimum absolute atomic E-state index is 0.0563. The van der Waals surface area contributed by atoms with E-state index in [0.29, 0.717) is 5.56 Å². The Morgan fingerprint density at radius 2 is 1.67 bits per heavy atom. The molecule has 0 bridgehead atoms. The van der Waals surface area contributed by atoms with Gasteiger partial charge >= 0.3 is 0 Å². The van der Waals surface area contributed by atoms with Gasteiger partial charge in [-0.1, -0.05) is 30.3 Å². The molecule has 0 aliphatic carbocycles. The van der Waals surface area contributed by atoms with E-state index < -0.39 is 0 Å². The molecule has 1 heterocycles. The van der Waals surface area contributed by atoms with Crippen molar-refractivity contribution in [3.05, 3.63) is 80.2 Å². The quantitative estimate of drug-likeness (QED) is 0.508. The van der Waals surface area contributed by atoms with Gasteiger partial charge in [0, 0.05) is 15.2 Å². The maximum Gasteiger partial charge on any atom is 0.251 e. The fraction of sp³-hybridized carbons (Fsp3) is 0.0588. The second-order valence-corrected chi connectivity index (χ2v) is 5.99. The maximum atomic E-state index is 12.4. The van der Waals surface area contributed by atoms with Gasteiger partial charge in [0.2, 0.25) is 0 Å². The van der Waals surface area contributed by atoms with Gasteiger partial charge < -0.3 is 4.57 Å². The Hall–Kier alpha value is -1.95. The van der Waals surface area contributed by atoms with Gasteiger partial charge in [-0.3, -0.25) is 9.59 Å². The van der Waals surface area contributed by atoms with Gasteiger partial charge in [-0.15, -0.1) is 0 Å². The number of carbonyl (C=O) groups excluding carboxylic acids is 1. The molecule has 0 unspecified atom stereocenters. The smallest absolute Gasteiger partial charge is 0.251 e. The van der Waals surface area contributed by atoms with E-state index >= 15 is 0 Å². The molecule has 0 aliphatic rings. The molecule has 104 valence electrons. The number of carbonyl (C=O) groups is 1. The lowest BCUT2D eigenvalue weighted by Crippen LogP contribution is -2.23. The second-order valence-electron chi connectivity index (χ2n) is 4.75. The van der Waals surface area contributed by atoms with Crippen LogP contribution in [0.5, 0.6) is 0 Å².